The standard InChI is InChI=1S/C19H30N2O9/c1-10(23)28-9-11-3-4-13(12(7-11)18(27)21-6-5-20-2)29-19-17(26)16(25)15(24)14(8-22)30-19/h3-4,7,14-22,24-27H,5-6,8-9H2,1-2H3/t14-,15-,16+,17-,18?,19-/m1/s1. The molecule has 1 aliphatic rings. The Labute approximate surface area is 174 Å². The number of hydrogen-bond donors (Lipinski definition) is 7. The van der Waals surface area contributed by atoms with E-state index in [1.54, 1.807) is 19.2 Å². The second-order valence-electron chi connectivity index (χ2n) is 6.93. The van der Waals surface area contributed by atoms with E-state index >= 15 is 0 Å². The Hall–Kier alpha value is -1.83. The maximum atomic E-state index is 11.1. The highest BCUT2D eigenvalue weighted by molar-refractivity contribution is 5.65. The number of rotatable bonds is 10. The van der Waals surface area contributed by atoms with E-state index < -0.39 is 49.5 Å². The molecule has 0 bridgehead atoms. The largest absolute Gasteiger partial charge is 0.462 e. The number of aliphatic hydroxyl groups is 5. The molecule has 0 radical (unpaired) electrons. The minimum absolute atomic E-state index is 0.00804. The monoisotopic (exact) mass is 430 g/mol. The molecule has 1 fully saturated rings. The lowest BCUT2D eigenvalue weighted by Gasteiger charge is -2.39. The van der Waals surface area contributed by atoms with Crippen molar-refractivity contribution < 1.29 is 44.5 Å². The van der Waals surface area contributed by atoms with Crippen LogP contribution in [0.2, 0.25) is 0 Å². The summed E-state index contributed by atoms with van der Waals surface area (Å²) in [4.78, 5) is 11.1. The van der Waals surface area contributed by atoms with E-state index in [-0.39, 0.29) is 17.9 Å². The maximum absolute atomic E-state index is 11.1. The van der Waals surface area contributed by atoms with Crippen molar-refractivity contribution in [2.75, 3.05) is 26.7 Å². The van der Waals surface area contributed by atoms with Crippen molar-refractivity contribution >= 4 is 5.97 Å². The van der Waals surface area contributed by atoms with E-state index in [4.69, 9.17) is 14.2 Å². The van der Waals surface area contributed by atoms with Gasteiger partial charge in [-0.3, -0.25) is 10.1 Å². The topological polar surface area (TPSA) is 170 Å². The Morgan fingerprint density at radius 2 is 1.93 bits per heavy atom. The van der Waals surface area contributed by atoms with Crippen LogP contribution in [0.15, 0.2) is 18.2 Å². The van der Waals surface area contributed by atoms with Gasteiger partial charge in [0.15, 0.2) is 0 Å². The van der Waals surface area contributed by atoms with Gasteiger partial charge in [-0.2, -0.15) is 0 Å². The van der Waals surface area contributed by atoms with E-state index in [0.29, 0.717) is 18.7 Å². The number of hydrogen-bond acceptors (Lipinski definition) is 11. The van der Waals surface area contributed by atoms with Crippen LogP contribution in [0.3, 0.4) is 0 Å². The highest BCUT2D eigenvalue weighted by atomic mass is 16.7. The first-order valence-corrected chi connectivity index (χ1v) is 9.57. The summed E-state index contributed by atoms with van der Waals surface area (Å²) in [5, 5.41) is 55.7. The van der Waals surface area contributed by atoms with Gasteiger partial charge in [0.25, 0.3) is 0 Å². The molecule has 1 saturated heterocycles. The molecule has 0 saturated carbocycles. The van der Waals surface area contributed by atoms with Crippen LogP contribution < -0.4 is 15.4 Å². The van der Waals surface area contributed by atoms with Crippen LogP contribution in [0.25, 0.3) is 0 Å². The average molecular weight is 430 g/mol. The third-order valence-corrected chi connectivity index (χ3v) is 4.62. The van der Waals surface area contributed by atoms with Gasteiger partial charge < -0.3 is 45.1 Å². The van der Waals surface area contributed by atoms with Gasteiger partial charge in [-0.25, -0.2) is 0 Å². The molecule has 6 atom stereocenters. The van der Waals surface area contributed by atoms with Crippen LogP contribution in [0.1, 0.15) is 24.3 Å². The summed E-state index contributed by atoms with van der Waals surface area (Å²) in [5.41, 5.74) is 0.878. The first-order valence-electron chi connectivity index (χ1n) is 9.57. The van der Waals surface area contributed by atoms with Gasteiger partial charge in [0.05, 0.1) is 6.61 Å². The SMILES string of the molecule is CNCCNC(O)c1cc(COC(C)=O)ccc1O[C@@H]1O[C@H](CO)[C@@H](O)[C@H](O)[C@H]1O. The number of carbonyl (C=O) groups is 1. The van der Waals surface area contributed by atoms with Gasteiger partial charge in [-0.1, -0.05) is 6.07 Å². The van der Waals surface area contributed by atoms with E-state index in [0.717, 1.165) is 0 Å². The molecule has 11 heteroatoms. The first kappa shape index (κ1) is 24.4. The molecule has 170 valence electrons. The lowest BCUT2D eigenvalue weighted by molar-refractivity contribution is -0.277. The number of benzene rings is 1. The number of ether oxygens (including phenoxy) is 3. The summed E-state index contributed by atoms with van der Waals surface area (Å²) >= 11 is 0. The Morgan fingerprint density at radius 1 is 1.20 bits per heavy atom. The molecule has 1 aromatic rings. The number of esters is 1. The zero-order chi connectivity index (χ0) is 22.3. The van der Waals surface area contributed by atoms with Crippen molar-refractivity contribution in [3.05, 3.63) is 29.3 Å². The van der Waals surface area contributed by atoms with Crippen LogP contribution >= 0.6 is 0 Å². The molecule has 0 amide bonds. The molecule has 1 heterocycles. The van der Waals surface area contributed by atoms with Crippen molar-refractivity contribution in [3.8, 4) is 5.75 Å². The third kappa shape index (κ3) is 6.33. The molecule has 0 spiro atoms. The predicted octanol–water partition coefficient (Wildman–Crippen LogP) is -2.27. The average Bonchev–Trinajstić information content (AvgIpc) is 2.73. The molecule has 7 N–H and O–H groups in total. The van der Waals surface area contributed by atoms with Crippen LogP contribution in [-0.2, 0) is 20.9 Å². The lowest BCUT2D eigenvalue weighted by Crippen LogP contribution is -2.60. The summed E-state index contributed by atoms with van der Waals surface area (Å²) in [6.45, 7) is 1.71. The van der Waals surface area contributed by atoms with Gasteiger partial charge >= 0.3 is 5.97 Å². The second-order valence-corrected chi connectivity index (χ2v) is 6.93. The Balaban J connectivity index is 2.24. The van der Waals surface area contributed by atoms with Gasteiger partial charge in [-0.15, -0.1) is 0 Å². The van der Waals surface area contributed by atoms with Gasteiger partial charge in [0, 0.05) is 25.6 Å². The number of carbonyl (C=O) groups excluding carboxylic acids is 1. The summed E-state index contributed by atoms with van der Waals surface area (Å²) in [7, 11) is 1.77. The Morgan fingerprint density at radius 3 is 2.57 bits per heavy atom. The fourth-order valence-electron chi connectivity index (χ4n) is 2.93. The van der Waals surface area contributed by atoms with E-state index in [1.165, 1.54) is 13.0 Å². The molecule has 11 nitrogen and oxygen atoms in total. The molecule has 0 aromatic heterocycles. The molecule has 30 heavy (non-hydrogen) atoms. The van der Waals surface area contributed by atoms with E-state index in [2.05, 4.69) is 10.6 Å². The highest BCUT2D eigenvalue weighted by Crippen LogP contribution is 2.30. The number of nitrogens with one attached hydrogen (secondary N) is 2. The van der Waals surface area contributed by atoms with Gasteiger partial charge in [0.2, 0.25) is 6.29 Å². The molecule has 2 rings (SSSR count). The summed E-state index contributed by atoms with van der Waals surface area (Å²) in [6, 6.07) is 4.67. The van der Waals surface area contributed by atoms with Gasteiger partial charge in [0.1, 0.15) is 43.0 Å². The second kappa shape index (κ2) is 11.5. The van der Waals surface area contributed by atoms with Crippen molar-refractivity contribution in [3.63, 3.8) is 0 Å². The van der Waals surface area contributed by atoms with Crippen LogP contribution in [-0.4, -0.2) is 89.0 Å². The zero-order valence-electron chi connectivity index (χ0n) is 16.9. The molecular formula is C19H30N2O9. The minimum atomic E-state index is -1.59. The molecule has 1 aliphatic heterocycles. The fraction of sp³-hybridized carbons (Fsp3) is 0.632. The summed E-state index contributed by atoms with van der Waals surface area (Å²) < 4.78 is 16.0. The quantitative estimate of drug-likeness (QED) is 0.121. The molecule has 0 aliphatic carbocycles. The normalized spacial score (nSPS) is 27.5. The minimum Gasteiger partial charge on any atom is -0.462 e. The van der Waals surface area contributed by atoms with E-state index in [1.807, 2.05) is 0 Å². The zero-order valence-corrected chi connectivity index (χ0v) is 16.9. The Bertz CT molecular complexity index is 688. The van der Waals surface area contributed by atoms with Crippen molar-refractivity contribution in [2.24, 2.45) is 0 Å². The number of likely N-dealkylation sites (N-methyl/N-ethyl adjacent to an activating group) is 1. The summed E-state index contributed by atoms with van der Waals surface area (Å²) in [5.74, 6) is -0.318. The maximum Gasteiger partial charge on any atom is 0.302 e. The predicted molar refractivity (Wildman–Crippen MR) is 103 cm³/mol. The third-order valence-electron chi connectivity index (χ3n) is 4.62. The first-order chi connectivity index (χ1) is 14.3. The van der Waals surface area contributed by atoms with E-state index in [9.17, 15) is 30.3 Å². The lowest BCUT2D eigenvalue weighted by atomic mass is 9.99. The fourth-order valence-corrected chi connectivity index (χ4v) is 2.93. The smallest absolute Gasteiger partial charge is 0.302 e. The van der Waals surface area contributed by atoms with Crippen LogP contribution in [0.4, 0.5) is 0 Å². The Kier molecular flexibility index (Phi) is 9.39. The van der Waals surface area contributed by atoms with Crippen molar-refractivity contribution in [2.45, 2.75) is 50.5 Å². The molecular weight excluding hydrogens is 400 g/mol. The molecule has 1 aromatic carbocycles. The molecule has 1 unspecified atom stereocenters. The summed E-state index contributed by atoms with van der Waals surface area (Å²) in [6.07, 6.45) is -8.38. The van der Waals surface area contributed by atoms with Crippen molar-refractivity contribution in [1.29, 1.82) is 0 Å². The van der Waals surface area contributed by atoms with Crippen LogP contribution in [0.5, 0.6) is 5.75 Å². The van der Waals surface area contributed by atoms with Crippen LogP contribution in [0, 0.1) is 0 Å². The highest BCUT2D eigenvalue weighted by Gasteiger charge is 2.45. The van der Waals surface area contributed by atoms with Gasteiger partial charge in [-0.05, 0) is 24.7 Å². The number of aliphatic hydroxyl groups excluding tert-OH is 5. The van der Waals surface area contributed by atoms with Crippen molar-refractivity contribution in [1.82, 2.24) is 10.6 Å².